The molecule has 0 saturated carbocycles. The number of hydrogen-bond acceptors (Lipinski definition) is 9. The van der Waals surface area contributed by atoms with Crippen molar-refractivity contribution in [3.05, 3.63) is 71.2 Å². The molecule has 2 aromatic heterocycles. The van der Waals surface area contributed by atoms with Crippen molar-refractivity contribution in [3.63, 3.8) is 0 Å². The first-order valence-electron chi connectivity index (χ1n) is 15.7. The number of benzene rings is 2. The molecular weight excluding hydrogens is 678 g/mol. The zero-order valence-corrected chi connectivity index (χ0v) is 29.2. The molecule has 13 nitrogen and oxygen atoms in total. The highest BCUT2D eigenvalue weighted by molar-refractivity contribution is 7.53. The van der Waals surface area contributed by atoms with Crippen LogP contribution in [-0.4, -0.2) is 65.2 Å². The predicted molar refractivity (Wildman–Crippen MR) is 181 cm³/mol. The molecule has 5 N–H and O–H groups in total. The van der Waals surface area contributed by atoms with Gasteiger partial charge in [0.15, 0.2) is 0 Å². The van der Waals surface area contributed by atoms with Crippen LogP contribution >= 0.6 is 7.60 Å². The number of aliphatic hydroxyl groups is 1. The summed E-state index contributed by atoms with van der Waals surface area (Å²) in [6.45, 7) is 7.07. The summed E-state index contributed by atoms with van der Waals surface area (Å²) in [5.74, 6) is -1.09. The van der Waals surface area contributed by atoms with E-state index in [1.54, 1.807) is 57.9 Å². The van der Waals surface area contributed by atoms with E-state index in [2.05, 4.69) is 25.7 Å². The molecule has 5 rings (SSSR count). The molecule has 0 fully saturated rings. The van der Waals surface area contributed by atoms with E-state index in [4.69, 9.17) is 4.74 Å². The lowest BCUT2D eigenvalue weighted by atomic mass is 9.92. The third kappa shape index (κ3) is 7.06. The number of carbonyl (C=O) groups excluding carboxylic acids is 1. The number of methoxy groups -OCH3 is 1. The number of hydrogen-bond donors (Lipinski definition) is 5. The lowest BCUT2D eigenvalue weighted by Crippen LogP contribution is -2.26. The van der Waals surface area contributed by atoms with Crippen LogP contribution in [0.1, 0.15) is 67.6 Å². The highest BCUT2D eigenvalue weighted by Crippen LogP contribution is 2.61. The molecule has 4 aromatic rings. The van der Waals surface area contributed by atoms with Gasteiger partial charge in [0.05, 0.1) is 47.5 Å². The maximum absolute atomic E-state index is 14.2. The fourth-order valence-corrected chi connectivity index (χ4v) is 7.53. The highest BCUT2D eigenvalue weighted by atomic mass is 31.2. The van der Waals surface area contributed by atoms with Gasteiger partial charge in [0.2, 0.25) is 5.95 Å². The number of anilines is 4. The number of halogens is 3. The number of amides is 1. The Bertz CT molecular complexity index is 1970. The summed E-state index contributed by atoms with van der Waals surface area (Å²) in [6, 6.07) is 7.66. The van der Waals surface area contributed by atoms with Gasteiger partial charge in [-0.05, 0) is 61.6 Å². The summed E-state index contributed by atoms with van der Waals surface area (Å²) in [6.07, 6.45) is -0.620. The second kappa shape index (κ2) is 13.3. The van der Waals surface area contributed by atoms with Crippen molar-refractivity contribution in [2.24, 2.45) is 0 Å². The largest absolute Gasteiger partial charge is 0.495 e. The van der Waals surface area contributed by atoms with Gasteiger partial charge >= 0.3 is 13.8 Å². The Morgan fingerprint density at radius 1 is 1.04 bits per heavy atom. The molecule has 0 saturated heterocycles. The number of fused-ring (bicyclic) bond motifs is 1. The molecule has 0 atom stereocenters. The predicted octanol–water partition coefficient (Wildman–Crippen LogP) is 6.40. The zero-order valence-electron chi connectivity index (χ0n) is 28.3. The fraction of sp³-hybridized carbons (Fsp3) is 0.394. The van der Waals surface area contributed by atoms with Gasteiger partial charge in [-0.25, -0.2) is 4.98 Å². The molecule has 1 aliphatic rings. The van der Waals surface area contributed by atoms with Crippen molar-refractivity contribution < 1.29 is 42.2 Å². The van der Waals surface area contributed by atoms with E-state index in [1.807, 2.05) is 0 Å². The number of alkyl halides is 3. The number of ether oxygens (including phenoxy) is 1. The number of rotatable bonds is 12. The molecule has 1 amide bonds. The average Bonchev–Trinajstić information content (AvgIpc) is 3.60. The molecule has 2 aromatic carbocycles. The van der Waals surface area contributed by atoms with Crippen molar-refractivity contribution in [3.8, 4) is 16.9 Å². The third-order valence-corrected chi connectivity index (χ3v) is 10.8. The van der Waals surface area contributed by atoms with Crippen LogP contribution in [0.5, 0.6) is 5.75 Å². The van der Waals surface area contributed by atoms with E-state index in [0.29, 0.717) is 28.5 Å². The summed E-state index contributed by atoms with van der Waals surface area (Å²) in [5, 5.41) is 18.6. The number of nitrogens with zero attached hydrogens (tertiary/aromatic N) is 5. The molecule has 0 radical (unpaired) electrons. The topological polar surface area (TPSA) is 175 Å². The Morgan fingerprint density at radius 2 is 1.72 bits per heavy atom. The fourth-order valence-electron chi connectivity index (χ4n) is 6.23. The number of aromatic nitrogens is 4. The molecule has 0 unspecified atom stereocenters. The maximum Gasteiger partial charge on any atom is 0.421 e. The first-order valence-corrected chi connectivity index (χ1v) is 17.3. The van der Waals surface area contributed by atoms with E-state index in [0.717, 1.165) is 0 Å². The molecule has 1 aliphatic heterocycles. The lowest BCUT2D eigenvalue weighted by molar-refractivity contribution is -0.137. The normalized spacial score (nSPS) is 13.8. The van der Waals surface area contributed by atoms with Gasteiger partial charge in [-0.15, -0.1) is 0 Å². The molecule has 0 bridgehead atoms. The van der Waals surface area contributed by atoms with Gasteiger partial charge in [0, 0.05) is 31.5 Å². The molecule has 0 spiro atoms. The van der Waals surface area contributed by atoms with Crippen molar-refractivity contribution in [2.75, 3.05) is 24.8 Å². The van der Waals surface area contributed by atoms with Crippen LogP contribution in [0.15, 0.2) is 48.9 Å². The van der Waals surface area contributed by atoms with Gasteiger partial charge < -0.3 is 35.2 Å². The Hall–Kier alpha value is -4.50. The molecular formula is C33H39F3N7O6P. The Balaban J connectivity index is 1.53. The minimum Gasteiger partial charge on any atom is -0.495 e. The maximum atomic E-state index is 14.2. The third-order valence-electron chi connectivity index (χ3n) is 8.82. The Labute approximate surface area is 286 Å². The van der Waals surface area contributed by atoms with Gasteiger partial charge in [0.25, 0.3) is 5.91 Å². The monoisotopic (exact) mass is 717 g/mol. The minimum absolute atomic E-state index is 0.104. The minimum atomic E-state index is -4.86. The van der Waals surface area contributed by atoms with E-state index >= 15 is 0 Å². The Kier molecular flexibility index (Phi) is 9.80. The standard InChI is InChI=1S/C33H39F3N7O6P/c1-7-32(8-2,50(46,47)48)20-9-11-24(26(13-20)49-6)40-30-37-15-23(33(34,35)36)28(41-30)39-25-12-10-21(22-17-42(5)29(44)27(22)25)19-14-38-43(16-19)18-31(3,4)45/h9-16,45H,7-8,17-18H2,1-6H3,(H2,46,47,48)(H2,37,39,40,41). The SMILES string of the molecule is CCC(CC)(c1ccc(Nc2ncc(C(F)(F)F)c(Nc3ccc(-c4cnn(CC(C)(C)O)c4)c4c3C(=O)N(C)C4)n2)c(OC)c1)P(=O)(O)O. The number of nitrogens with one attached hydrogen (secondary N) is 2. The quantitative estimate of drug-likeness (QED) is 0.103. The van der Waals surface area contributed by atoms with Crippen molar-refractivity contribution >= 4 is 36.6 Å². The summed E-state index contributed by atoms with van der Waals surface area (Å²) >= 11 is 0. The van der Waals surface area contributed by atoms with Gasteiger partial charge in [-0.3, -0.25) is 14.0 Å². The average molecular weight is 718 g/mol. The first-order chi connectivity index (χ1) is 23.3. The molecule has 268 valence electrons. The summed E-state index contributed by atoms with van der Waals surface area (Å²) in [5.41, 5.74) is 0.579. The van der Waals surface area contributed by atoms with Crippen LogP contribution in [-0.2, 0) is 29.0 Å². The van der Waals surface area contributed by atoms with E-state index < -0.39 is 41.8 Å². The van der Waals surface area contributed by atoms with Crippen LogP contribution in [0, 0.1) is 0 Å². The van der Waals surface area contributed by atoms with Crippen LogP contribution in [0.4, 0.5) is 36.3 Å². The molecule has 3 heterocycles. The lowest BCUT2D eigenvalue weighted by Gasteiger charge is -2.33. The molecule has 17 heteroatoms. The highest BCUT2D eigenvalue weighted by Gasteiger charge is 2.45. The van der Waals surface area contributed by atoms with E-state index in [-0.39, 0.29) is 54.6 Å². The molecule has 0 aliphatic carbocycles. The van der Waals surface area contributed by atoms with Gasteiger partial charge in [-0.1, -0.05) is 26.0 Å². The van der Waals surface area contributed by atoms with Crippen LogP contribution in [0.2, 0.25) is 0 Å². The second-order valence-corrected chi connectivity index (χ2v) is 14.8. The van der Waals surface area contributed by atoms with Gasteiger partial charge in [-0.2, -0.15) is 23.3 Å². The second-order valence-electron chi connectivity index (χ2n) is 12.8. The van der Waals surface area contributed by atoms with Crippen LogP contribution in [0.3, 0.4) is 0 Å². The summed E-state index contributed by atoms with van der Waals surface area (Å²) in [4.78, 5) is 43.2. The van der Waals surface area contributed by atoms with E-state index in [1.165, 1.54) is 36.3 Å². The first kappa shape index (κ1) is 36.8. The zero-order chi connectivity index (χ0) is 36.8. The van der Waals surface area contributed by atoms with Crippen LogP contribution < -0.4 is 15.4 Å². The smallest absolute Gasteiger partial charge is 0.421 e. The summed E-state index contributed by atoms with van der Waals surface area (Å²) < 4.78 is 62.3. The van der Waals surface area contributed by atoms with E-state index in [9.17, 15) is 37.4 Å². The van der Waals surface area contributed by atoms with Crippen molar-refractivity contribution in [1.82, 2.24) is 24.6 Å². The number of carbonyl (C=O) groups is 1. The summed E-state index contributed by atoms with van der Waals surface area (Å²) in [7, 11) is -1.67. The Morgan fingerprint density at radius 3 is 2.32 bits per heavy atom. The van der Waals surface area contributed by atoms with Crippen molar-refractivity contribution in [2.45, 2.75) is 70.6 Å². The van der Waals surface area contributed by atoms with Crippen LogP contribution in [0.25, 0.3) is 11.1 Å². The molecule has 50 heavy (non-hydrogen) atoms. The van der Waals surface area contributed by atoms with Gasteiger partial charge in [0.1, 0.15) is 17.1 Å². The van der Waals surface area contributed by atoms with Crippen molar-refractivity contribution in [1.29, 1.82) is 0 Å².